The van der Waals surface area contributed by atoms with Gasteiger partial charge in [0.05, 0.1) is 12.3 Å². The number of hydrogen-bond acceptors (Lipinski definition) is 5. The van der Waals surface area contributed by atoms with Crippen molar-refractivity contribution in [3.05, 3.63) is 83.2 Å². The summed E-state index contributed by atoms with van der Waals surface area (Å²) in [5, 5.41) is 0. The summed E-state index contributed by atoms with van der Waals surface area (Å²) in [6.07, 6.45) is 5.09. The molecule has 0 N–H and O–H groups in total. The highest BCUT2D eigenvalue weighted by Gasteiger charge is 2.56. The molecule has 152 valence electrons. The molecular formula is C24H22N2O4. The number of likely N-dealkylation sites (N-methyl/N-ethyl adjacent to an activating group) is 1. The molecule has 2 aromatic carbocycles. The zero-order chi connectivity index (χ0) is 20.9. The molecule has 1 saturated heterocycles. The van der Waals surface area contributed by atoms with Gasteiger partial charge in [0, 0.05) is 42.6 Å². The second kappa shape index (κ2) is 6.85. The van der Waals surface area contributed by atoms with Crippen LogP contribution in [0.15, 0.2) is 66.5 Å². The number of carbonyl (C=O) groups excluding carboxylic acids is 2. The Balaban J connectivity index is 1.68. The quantitative estimate of drug-likeness (QED) is 0.566. The van der Waals surface area contributed by atoms with Crippen LogP contribution in [0.4, 0.5) is 5.69 Å². The van der Waals surface area contributed by atoms with Crippen molar-refractivity contribution in [1.82, 2.24) is 4.90 Å². The lowest BCUT2D eigenvalue weighted by molar-refractivity contribution is -0.184. The Bertz CT molecular complexity index is 1110. The number of nitrogens with zero attached hydrogens (tertiary/aromatic N) is 2. The van der Waals surface area contributed by atoms with Crippen molar-refractivity contribution in [1.29, 1.82) is 0 Å². The molecule has 0 aromatic heterocycles. The van der Waals surface area contributed by atoms with Crippen LogP contribution in [-0.4, -0.2) is 30.4 Å². The number of benzene rings is 2. The molecular weight excluding hydrogens is 380 g/mol. The molecule has 1 spiro atoms. The molecule has 3 aliphatic rings. The molecule has 0 saturated carbocycles. The molecule has 0 unspecified atom stereocenters. The number of amides is 1. The average molecular weight is 402 g/mol. The van der Waals surface area contributed by atoms with E-state index >= 15 is 0 Å². The van der Waals surface area contributed by atoms with E-state index in [4.69, 9.17) is 9.47 Å². The normalized spacial score (nSPS) is 25.3. The van der Waals surface area contributed by atoms with Gasteiger partial charge in [0.2, 0.25) is 0 Å². The smallest absolute Gasteiger partial charge is 0.332 e. The van der Waals surface area contributed by atoms with Crippen molar-refractivity contribution < 1.29 is 19.1 Å². The van der Waals surface area contributed by atoms with Crippen molar-refractivity contribution in [3.63, 3.8) is 0 Å². The van der Waals surface area contributed by atoms with E-state index in [1.807, 2.05) is 65.7 Å². The van der Waals surface area contributed by atoms with Crippen LogP contribution in [-0.2, 0) is 24.7 Å². The van der Waals surface area contributed by atoms with Crippen LogP contribution in [0.5, 0.6) is 0 Å². The van der Waals surface area contributed by atoms with E-state index in [1.165, 1.54) is 6.08 Å². The summed E-state index contributed by atoms with van der Waals surface area (Å²) in [6.45, 7) is 2.06. The van der Waals surface area contributed by atoms with E-state index in [0.717, 1.165) is 22.4 Å². The first-order chi connectivity index (χ1) is 14.5. The molecule has 1 fully saturated rings. The van der Waals surface area contributed by atoms with Gasteiger partial charge in [0.1, 0.15) is 0 Å². The number of para-hydroxylation sites is 1. The molecule has 3 heterocycles. The van der Waals surface area contributed by atoms with Crippen molar-refractivity contribution in [2.45, 2.75) is 25.2 Å². The van der Waals surface area contributed by atoms with Gasteiger partial charge >= 0.3 is 5.97 Å². The zero-order valence-electron chi connectivity index (χ0n) is 16.9. The topological polar surface area (TPSA) is 59.1 Å². The molecule has 5 rings (SSSR count). The number of hydrogen-bond donors (Lipinski definition) is 0. The second-order valence-corrected chi connectivity index (χ2v) is 7.59. The number of fused-ring (bicyclic) bond motifs is 5. The number of carbonyl (C=O) groups is 2. The second-order valence-electron chi connectivity index (χ2n) is 7.59. The Labute approximate surface area is 175 Å². The summed E-state index contributed by atoms with van der Waals surface area (Å²) >= 11 is 0. The first-order valence-corrected chi connectivity index (χ1v) is 10.0. The molecule has 1 amide bonds. The summed E-state index contributed by atoms with van der Waals surface area (Å²) in [5.74, 6) is -0.562. The minimum absolute atomic E-state index is 0.134. The van der Waals surface area contributed by atoms with Crippen LogP contribution in [0, 0.1) is 0 Å². The lowest BCUT2D eigenvalue weighted by Crippen LogP contribution is -2.50. The molecule has 0 radical (unpaired) electrons. The van der Waals surface area contributed by atoms with Crippen LogP contribution in [0.25, 0.3) is 6.08 Å². The van der Waals surface area contributed by atoms with E-state index in [-0.39, 0.29) is 18.9 Å². The summed E-state index contributed by atoms with van der Waals surface area (Å²) in [6, 6.07) is 15.6. The molecule has 6 heteroatoms. The molecule has 2 aromatic rings. The fraction of sp³-hybridized carbons (Fsp3) is 0.250. The minimum atomic E-state index is -1.19. The average Bonchev–Trinajstić information content (AvgIpc) is 2.96. The first kappa shape index (κ1) is 18.6. The van der Waals surface area contributed by atoms with Gasteiger partial charge in [-0.05, 0) is 24.6 Å². The summed E-state index contributed by atoms with van der Waals surface area (Å²) in [5.41, 5.74) is 3.12. The van der Waals surface area contributed by atoms with E-state index in [1.54, 1.807) is 18.9 Å². The highest BCUT2D eigenvalue weighted by atomic mass is 16.5. The molecule has 0 aliphatic carbocycles. The largest absolute Gasteiger partial charge is 0.463 e. The predicted octanol–water partition coefficient (Wildman–Crippen LogP) is 3.71. The third kappa shape index (κ3) is 2.60. The van der Waals surface area contributed by atoms with Gasteiger partial charge in [-0.1, -0.05) is 42.5 Å². The molecule has 3 aliphatic heterocycles. The van der Waals surface area contributed by atoms with Gasteiger partial charge in [0.15, 0.2) is 11.8 Å². The fourth-order valence-corrected chi connectivity index (χ4v) is 4.55. The molecule has 30 heavy (non-hydrogen) atoms. The van der Waals surface area contributed by atoms with Crippen LogP contribution in [0.2, 0.25) is 0 Å². The van der Waals surface area contributed by atoms with Gasteiger partial charge in [-0.15, -0.1) is 0 Å². The van der Waals surface area contributed by atoms with E-state index in [9.17, 15) is 9.59 Å². The van der Waals surface area contributed by atoms with Gasteiger partial charge in [-0.25, -0.2) is 4.79 Å². The molecule has 0 bridgehead atoms. The maximum atomic E-state index is 13.5. The minimum Gasteiger partial charge on any atom is -0.463 e. The lowest BCUT2D eigenvalue weighted by Gasteiger charge is -2.47. The fourth-order valence-electron chi connectivity index (χ4n) is 4.55. The number of anilines is 1. The zero-order valence-corrected chi connectivity index (χ0v) is 16.9. The highest BCUT2D eigenvalue weighted by Crippen LogP contribution is 2.53. The summed E-state index contributed by atoms with van der Waals surface area (Å²) in [7, 11) is 1.76. The van der Waals surface area contributed by atoms with Gasteiger partial charge in [0.25, 0.3) is 5.91 Å². The highest BCUT2D eigenvalue weighted by molar-refractivity contribution is 6.07. The van der Waals surface area contributed by atoms with E-state index < -0.39 is 17.8 Å². The summed E-state index contributed by atoms with van der Waals surface area (Å²) in [4.78, 5) is 29.4. The third-order valence-corrected chi connectivity index (χ3v) is 5.93. The number of ether oxygens (including phenoxy) is 2. The Morgan fingerprint density at radius 1 is 1.23 bits per heavy atom. The first-order valence-electron chi connectivity index (χ1n) is 10.0. The number of rotatable bonds is 2. The Morgan fingerprint density at radius 2 is 2.00 bits per heavy atom. The predicted molar refractivity (Wildman–Crippen MR) is 112 cm³/mol. The van der Waals surface area contributed by atoms with Crippen molar-refractivity contribution in [3.8, 4) is 0 Å². The van der Waals surface area contributed by atoms with E-state index in [2.05, 4.69) is 0 Å². The van der Waals surface area contributed by atoms with Gasteiger partial charge in [-0.2, -0.15) is 0 Å². The van der Waals surface area contributed by atoms with Crippen LogP contribution >= 0.6 is 0 Å². The Kier molecular flexibility index (Phi) is 4.25. The Hall–Kier alpha value is -3.38. The molecule has 2 atom stereocenters. The van der Waals surface area contributed by atoms with E-state index in [0.29, 0.717) is 5.70 Å². The SMILES string of the molecule is CCOC(=O)/C=C1/C[C@@]2(O[C@@H]3c4ccccc4C=CN13)C(=O)N(C)c1ccccc12. The maximum Gasteiger partial charge on any atom is 0.332 e. The van der Waals surface area contributed by atoms with Gasteiger partial charge < -0.3 is 19.3 Å². The van der Waals surface area contributed by atoms with Crippen LogP contribution < -0.4 is 4.90 Å². The monoisotopic (exact) mass is 402 g/mol. The summed E-state index contributed by atoms with van der Waals surface area (Å²) < 4.78 is 11.8. The third-order valence-electron chi connectivity index (χ3n) is 5.93. The Morgan fingerprint density at radius 3 is 2.83 bits per heavy atom. The molecule has 6 nitrogen and oxygen atoms in total. The van der Waals surface area contributed by atoms with Crippen molar-refractivity contribution in [2.24, 2.45) is 0 Å². The maximum absolute atomic E-state index is 13.5. The number of esters is 1. The van der Waals surface area contributed by atoms with Crippen LogP contribution in [0.1, 0.15) is 36.3 Å². The van der Waals surface area contributed by atoms with Crippen LogP contribution in [0.3, 0.4) is 0 Å². The van der Waals surface area contributed by atoms with Crippen molar-refractivity contribution >= 4 is 23.6 Å². The lowest BCUT2D eigenvalue weighted by atomic mass is 9.86. The standard InChI is InChI=1S/C24H22N2O4/c1-3-29-21(27)14-17-15-24(19-10-6-7-11-20(19)25(2)23(24)28)30-22-18-9-5-4-8-16(18)12-13-26(17)22/h4-14,22H,3,15H2,1-2H3/b17-14-/t22-,24+/m1/s1. The van der Waals surface area contributed by atoms with Crippen molar-refractivity contribution in [2.75, 3.05) is 18.6 Å². The van der Waals surface area contributed by atoms with Gasteiger partial charge in [-0.3, -0.25) is 4.79 Å².